The molecule has 1 unspecified atom stereocenters. The summed E-state index contributed by atoms with van der Waals surface area (Å²) >= 11 is 0. The van der Waals surface area contributed by atoms with Crippen molar-refractivity contribution in [1.29, 1.82) is 0 Å². The molecule has 2 heterocycles. The fourth-order valence-electron chi connectivity index (χ4n) is 3.77. The van der Waals surface area contributed by atoms with Crippen molar-refractivity contribution in [1.82, 2.24) is 9.88 Å². The number of nitrogens with zero attached hydrogens (tertiary/aromatic N) is 2. The molecule has 1 aliphatic rings. The molecule has 3 aromatic rings. The number of hydrogen-bond donors (Lipinski definition) is 0. The molecule has 0 saturated heterocycles. The van der Waals surface area contributed by atoms with Gasteiger partial charge in [0.15, 0.2) is 11.5 Å². The fourth-order valence-corrected chi connectivity index (χ4v) is 3.77. The summed E-state index contributed by atoms with van der Waals surface area (Å²) in [4.78, 5) is 7.06. The molecule has 0 spiro atoms. The number of rotatable bonds is 8. The van der Waals surface area contributed by atoms with Gasteiger partial charge in [0.05, 0.1) is 12.8 Å². The molecular formula is C26H30N2O3. The minimum Gasteiger partial charge on any atom is -0.497 e. The van der Waals surface area contributed by atoms with Crippen molar-refractivity contribution in [3.8, 4) is 28.4 Å². The monoisotopic (exact) mass is 418 g/mol. The van der Waals surface area contributed by atoms with Crippen molar-refractivity contribution >= 4 is 0 Å². The van der Waals surface area contributed by atoms with Gasteiger partial charge in [0.1, 0.15) is 18.5 Å². The standard InChI is InChI=1S/C26H30N2O3/c1-19(2)28(15-13-24-18-30-25-6-4-5-7-26(25)31-24)17-22-16-21(12-14-27-22)20-8-10-23(29-3)11-9-20/h4-12,14,16,19,24H,13,15,17-18H2,1-3H3. The fraction of sp³-hybridized carbons (Fsp3) is 0.346. The van der Waals surface area contributed by atoms with E-state index in [1.165, 1.54) is 0 Å². The Morgan fingerprint density at radius 2 is 1.81 bits per heavy atom. The molecular weight excluding hydrogens is 388 g/mol. The lowest BCUT2D eigenvalue weighted by molar-refractivity contribution is 0.0698. The van der Waals surface area contributed by atoms with Crippen LogP contribution < -0.4 is 14.2 Å². The van der Waals surface area contributed by atoms with E-state index in [4.69, 9.17) is 14.2 Å². The van der Waals surface area contributed by atoms with Gasteiger partial charge in [-0.2, -0.15) is 0 Å². The van der Waals surface area contributed by atoms with Gasteiger partial charge >= 0.3 is 0 Å². The van der Waals surface area contributed by atoms with Gasteiger partial charge in [0, 0.05) is 31.7 Å². The number of pyridine rings is 1. The first kappa shape index (κ1) is 21.2. The molecule has 162 valence electrons. The average Bonchev–Trinajstić information content (AvgIpc) is 2.81. The number of para-hydroxylation sites is 2. The van der Waals surface area contributed by atoms with Crippen molar-refractivity contribution in [2.45, 2.75) is 39.0 Å². The van der Waals surface area contributed by atoms with Crippen molar-refractivity contribution in [2.24, 2.45) is 0 Å². The van der Waals surface area contributed by atoms with Crippen molar-refractivity contribution in [3.63, 3.8) is 0 Å². The summed E-state index contributed by atoms with van der Waals surface area (Å²) < 4.78 is 17.3. The van der Waals surface area contributed by atoms with Gasteiger partial charge in [-0.1, -0.05) is 24.3 Å². The van der Waals surface area contributed by atoms with E-state index in [0.717, 1.165) is 53.6 Å². The van der Waals surface area contributed by atoms with Crippen molar-refractivity contribution < 1.29 is 14.2 Å². The van der Waals surface area contributed by atoms with Gasteiger partial charge < -0.3 is 14.2 Å². The van der Waals surface area contributed by atoms with E-state index >= 15 is 0 Å². The van der Waals surface area contributed by atoms with Gasteiger partial charge in [0.2, 0.25) is 0 Å². The molecule has 4 rings (SSSR count). The molecule has 1 atom stereocenters. The summed E-state index contributed by atoms with van der Waals surface area (Å²) in [6.07, 6.45) is 2.86. The summed E-state index contributed by atoms with van der Waals surface area (Å²) in [7, 11) is 1.68. The highest BCUT2D eigenvalue weighted by molar-refractivity contribution is 5.64. The Morgan fingerprint density at radius 3 is 2.55 bits per heavy atom. The Labute approximate surface area is 184 Å². The zero-order valence-corrected chi connectivity index (χ0v) is 18.5. The third-order valence-corrected chi connectivity index (χ3v) is 5.64. The normalized spacial score (nSPS) is 15.3. The van der Waals surface area contributed by atoms with Gasteiger partial charge in [0.25, 0.3) is 0 Å². The number of fused-ring (bicyclic) bond motifs is 1. The van der Waals surface area contributed by atoms with Crippen LogP contribution in [0.1, 0.15) is 26.0 Å². The zero-order valence-electron chi connectivity index (χ0n) is 18.5. The second-order valence-corrected chi connectivity index (χ2v) is 8.11. The SMILES string of the molecule is COc1ccc(-c2ccnc(CN(CCC3COc4ccccc4O3)C(C)C)c2)cc1. The third-order valence-electron chi connectivity index (χ3n) is 5.64. The Bertz CT molecular complexity index is 988. The Morgan fingerprint density at radius 1 is 1.03 bits per heavy atom. The maximum atomic E-state index is 6.13. The average molecular weight is 419 g/mol. The van der Waals surface area contributed by atoms with E-state index in [1.807, 2.05) is 42.6 Å². The van der Waals surface area contributed by atoms with Crippen LogP contribution >= 0.6 is 0 Å². The van der Waals surface area contributed by atoms with Gasteiger partial charge in [-0.25, -0.2) is 0 Å². The van der Waals surface area contributed by atoms with E-state index < -0.39 is 0 Å². The maximum absolute atomic E-state index is 6.13. The van der Waals surface area contributed by atoms with Gasteiger partial charge in [-0.3, -0.25) is 9.88 Å². The van der Waals surface area contributed by atoms with E-state index in [0.29, 0.717) is 12.6 Å². The lowest BCUT2D eigenvalue weighted by Gasteiger charge is -2.30. The molecule has 0 saturated carbocycles. The van der Waals surface area contributed by atoms with Crippen LogP contribution in [0, 0.1) is 0 Å². The molecule has 5 heteroatoms. The second kappa shape index (κ2) is 9.84. The number of ether oxygens (including phenoxy) is 3. The van der Waals surface area contributed by atoms with Crippen LogP contribution in [0.4, 0.5) is 0 Å². The van der Waals surface area contributed by atoms with Gasteiger partial charge in [-0.05, 0) is 61.4 Å². The molecule has 0 bridgehead atoms. The second-order valence-electron chi connectivity index (χ2n) is 8.11. The number of methoxy groups -OCH3 is 1. The lowest BCUT2D eigenvalue weighted by atomic mass is 10.1. The van der Waals surface area contributed by atoms with E-state index in [1.54, 1.807) is 7.11 Å². The van der Waals surface area contributed by atoms with Crippen LogP contribution in [0.3, 0.4) is 0 Å². The van der Waals surface area contributed by atoms with Crippen LogP contribution in [0.25, 0.3) is 11.1 Å². The largest absolute Gasteiger partial charge is 0.497 e. The first-order chi connectivity index (χ1) is 15.1. The summed E-state index contributed by atoms with van der Waals surface area (Å²) in [5, 5.41) is 0. The topological polar surface area (TPSA) is 43.8 Å². The highest BCUT2D eigenvalue weighted by Crippen LogP contribution is 2.31. The molecule has 1 aliphatic heterocycles. The van der Waals surface area contributed by atoms with Gasteiger partial charge in [-0.15, -0.1) is 0 Å². The maximum Gasteiger partial charge on any atom is 0.161 e. The smallest absolute Gasteiger partial charge is 0.161 e. The first-order valence-electron chi connectivity index (χ1n) is 10.8. The molecule has 0 N–H and O–H groups in total. The van der Waals surface area contributed by atoms with Crippen molar-refractivity contribution in [3.05, 3.63) is 72.6 Å². The van der Waals surface area contributed by atoms with Crippen LogP contribution in [0.5, 0.6) is 17.2 Å². The Kier molecular flexibility index (Phi) is 6.73. The first-order valence-corrected chi connectivity index (χ1v) is 10.8. The van der Waals surface area contributed by atoms with E-state index in [-0.39, 0.29) is 6.10 Å². The highest BCUT2D eigenvalue weighted by Gasteiger charge is 2.22. The molecule has 31 heavy (non-hydrogen) atoms. The van der Waals surface area contributed by atoms with Crippen LogP contribution in [-0.4, -0.2) is 42.3 Å². The predicted octanol–water partition coefficient (Wildman–Crippen LogP) is 5.20. The molecule has 5 nitrogen and oxygen atoms in total. The Hall–Kier alpha value is -3.05. The molecule has 0 amide bonds. The minimum absolute atomic E-state index is 0.0646. The number of benzene rings is 2. The zero-order chi connectivity index (χ0) is 21.6. The summed E-state index contributed by atoms with van der Waals surface area (Å²) in [5.41, 5.74) is 3.39. The Balaban J connectivity index is 1.39. The molecule has 0 aliphatic carbocycles. The highest BCUT2D eigenvalue weighted by atomic mass is 16.6. The van der Waals surface area contributed by atoms with Crippen molar-refractivity contribution in [2.75, 3.05) is 20.3 Å². The summed E-state index contributed by atoms with van der Waals surface area (Å²) in [5.74, 6) is 2.53. The van der Waals surface area contributed by atoms with Crippen LogP contribution in [0.2, 0.25) is 0 Å². The third kappa shape index (κ3) is 5.36. The molecule has 0 fully saturated rings. The lowest BCUT2D eigenvalue weighted by Crippen LogP contribution is -2.37. The molecule has 2 aromatic carbocycles. The number of aromatic nitrogens is 1. The molecule has 0 radical (unpaired) electrons. The van der Waals surface area contributed by atoms with E-state index in [9.17, 15) is 0 Å². The summed E-state index contributed by atoms with van der Waals surface area (Å²) in [6.45, 7) is 6.75. The predicted molar refractivity (Wildman–Crippen MR) is 123 cm³/mol. The number of hydrogen-bond acceptors (Lipinski definition) is 5. The minimum atomic E-state index is 0.0646. The van der Waals surface area contributed by atoms with Crippen LogP contribution in [-0.2, 0) is 6.54 Å². The summed E-state index contributed by atoms with van der Waals surface area (Å²) in [6, 6.07) is 20.6. The van der Waals surface area contributed by atoms with Crippen LogP contribution in [0.15, 0.2) is 66.9 Å². The van der Waals surface area contributed by atoms with E-state index in [2.05, 4.69) is 48.0 Å². The molecule has 1 aromatic heterocycles. The quantitative estimate of drug-likeness (QED) is 0.503.